The fourth-order valence-corrected chi connectivity index (χ4v) is 5.40. The second-order valence-electron chi connectivity index (χ2n) is 7.91. The van der Waals surface area contributed by atoms with Crippen LogP contribution in [0.15, 0.2) is 51.7 Å². The number of rotatable bonds is 8. The van der Waals surface area contributed by atoms with Gasteiger partial charge in [-0.2, -0.15) is 0 Å². The standard InChI is InChI=1S/C24H25NO8S/c1-3-30-19-6-4-5-7-20(19)33-24-15(2)32-21-12-17(8-9-18(21)23(24)27)31-13-22(26)25-16-10-11-34(28,29)14-16/h4-9,12,16H,3,10-11,13-14H2,1-2H3,(H,25,26)/t16-/m0/s1. The van der Waals surface area contributed by atoms with Crippen molar-refractivity contribution in [3.05, 3.63) is 58.4 Å². The summed E-state index contributed by atoms with van der Waals surface area (Å²) < 4.78 is 45.8. The molecule has 1 atom stereocenters. The molecule has 9 nitrogen and oxygen atoms in total. The van der Waals surface area contributed by atoms with E-state index in [1.54, 1.807) is 37.3 Å². The summed E-state index contributed by atoms with van der Waals surface area (Å²) in [6.45, 7) is 3.64. The molecule has 2 heterocycles. The summed E-state index contributed by atoms with van der Waals surface area (Å²) >= 11 is 0. The first-order valence-corrected chi connectivity index (χ1v) is 12.7. The predicted octanol–water partition coefficient (Wildman–Crippen LogP) is 2.97. The summed E-state index contributed by atoms with van der Waals surface area (Å²) in [6.07, 6.45) is 0.397. The fraction of sp³-hybridized carbons (Fsp3) is 0.333. The molecule has 1 N–H and O–H groups in total. The Labute approximate surface area is 196 Å². The van der Waals surface area contributed by atoms with E-state index in [1.807, 2.05) is 13.0 Å². The topological polar surface area (TPSA) is 121 Å². The molecule has 0 radical (unpaired) electrons. The molecule has 1 aromatic heterocycles. The van der Waals surface area contributed by atoms with Gasteiger partial charge in [-0.15, -0.1) is 0 Å². The molecule has 1 amide bonds. The lowest BCUT2D eigenvalue weighted by Gasteiger charge is -2.13. The maximum absolute atomic E-state index is 13.1. The Bertz CT molecular complexity index is 1380. The van der Waals surface area contributed by atoms with Gasteiger partial charge in [0.15, 0.2) is 27.9 Å². The van der Waals surface area contributed by atoms with E-state index < -0.39 is 21.8 Å². The van der Waals surface area contributed by atoms with Crippen LogP contribution in [0.5, 0.6) is 23.0 Å². The van der Waals surface area contributed by atoms with Crippen molar-refractivity contribution in [1.29, 1.82) is 0 Å². The van der Waals surface area contributed by atoms with Crippen molar-refractivity contribution in [2.45, 2.75) is 26.3 Å². The summed E-state index contributed by atoms with van der Waals surface area (Å²) in [5.41, 5.74) is -0.0653. The number of aryl methyl sites for hydroxylation is 1. The summed E-state index contributed by atoms with van der Waals surface area (Å²) in [7, 11) is -3.08. The first-order valence-electron chi connectivity index (χ1n) is 10.9. The van der Waals surface area contributed by atoms with Crippen LogP contribution in [0.1, 0.15) is 19.1 Å². The smallest absolute Gasteiger partial charge is 0.258 e. The maximum atomic E-state index is 13.1. The maximum Gasteiger partial charge on any atom is 0.258 e. The molecule has 4 rings (SSSR count). The monoisotopic (exact) mass is 487 g/mol. The average molecular weight is 488 g/mol. The molecule has 10 heteroatoms. The zero-order valence-electron chi connectivity index (χ0n) is 18.8. The van der Waals surface area contributed by atoms with Crippen molar-refractivity contribution in [2.24, 2.45) is 0 Å². The van der Waals surface area contributed by atoms with Crippen LogP contribution in [-0.4, -0.2) is 45.1 Å². The van der Waals surface area contributed by atoms with Crippen LogP contribution in [0.2, 0.25) is 0 Å². The van der Waals surface area contributed by atoms with Gasteiger partial charge in [0, 0.05) is 12.1 Å². The van der Waals surface area contributed by atoms with E-state index in [1.165, 1.54) is 6.07 Å². The summed E-state index contributed by atoms with van der Waals surface area (Å²) in [6, 6.07) is 11.3. The van der Waals surface area contributed by atoms with Crippen molar-refractivity contribution in [3.63, 3.8) is 0 Å². The van der Waals surface area contributed by atoms with Crippen molar-refractivity contribution in [1.82, 2.24) is 5.32 Å². The molecule has 0 aliphatic carbocycles. The largest absolute Gasteiger partial charge is 0.490 e. The Morgan fingerprint density at radius 1 is 1.15 bits per heavy atom. The van der Waals surface area contributed by atoms with Gasteiger partial charge >= 0.3 is 0 Å². The second kappa shape index (κ2) is 9.76. The van der Waals surface area contributed by atoms with E-state index in [0.29, 0.717) is 35.7 Å². The molecule has 0 spiro atoms. The molecule has 34 heavy (non-hydrogen) atoms. The van der Waals surface area contributed by atoms with Crippen LogP contribution in [0.3, 0.4) is 0 Å². The van der Waals surface area contributed by atoms with Gasteiger partial charge in [0.25, 0.3) is 5.91 Å². The normalized spacial score (nSPS) is 16.8. The Kier molecular flexibility index (Phi) is 6.78. The molecule has 0 bridgehead atoms. The van der Waals surface area contributed by atoms with Gasteiger partial charge in [0.1, 0.15) is 17.1 Å². The molecule has 0 unspecified atom stereocenters. The number of hydrogen-bond acceptors (Lipinski definition) is 8. The third-order valence-corrected chi connectivity index (χ3v) is 7.08. The molecular weight excluding hydrogens is 462 g/mol. The number of para-hydroxylation sites is 2. The molecule has 2 aromatic carbocycles. The van der Waals surface area contributed by atoms with Crippen LogP contribution in [0, 0.1) is 6.92 Å². The molecule has 1 aliphatic heterocycles. The number of ether oxygens (including phenoxy) is 3. The zero-order valence-corrected chi connectivity index (χ0v) is 19.6. The fourth-order valence-electron chi connectivity index (χ4n) is 3.72. The van der Waals surface area contributed by atoms with Crippen molar-refractivity contribution >= 4 is 26.7 Å². The van der Waals surface area contributed by atoms with E-state index in [2.05, 4.69) is 5.32 Å². The highest BCUT2D eigenvalue weighted by molar-refractivity contribution is 7.91. The second-order valence-corrected chi connectivity index (χ2v) is 10.1. The van der Waals surface area contributed by atoms with E-state index >= 15 is 0 Å². The Morgan fingerprint density at radius 2 is 1.91 bits per heavy atom. The van der Waals surface area contributed by atoms with E-state index in [0.717, 1.165) is 0 Å². The number of carbonyl (C=O) groups is 1. The summed E-state index contributed by atoms with van der Waals surface area (Å²) in [5, 5.41) is 2.95. The van der Waals surface area contributed by atoms with Gasteiger partial charge < -0.3 is 23.9 Å². The van der Waals surface area contributed by atoms with Crippen LogP contribution in [0.25, 0.3) is 11.0 Å². The lowest BCUT2D eigenvalue weighted by molar-refractivity contribution is -0.123. The highest BCUT2D eigenvalue weighted by Crippen LogP contribution is 2.33. The lowest BCUT2D eigenvalue weighted by Crippen LogP contribution is -2.38. The third kappa shape index (κ3) is 5.33. The number of amides is 1. The van der Waals surface area contributed by atoms with Gasteiger partial charge in [-0.3, -0.25) is 9.59 Å². The number of sulfone groups is 1. The summed E-state index contributed by atoms with van der Waals surface area (Å²) in [5.74, 6) is 1.18. The van der Waals surface area contributed by atoms with Gasteiger partial charge in [-0.25, -0.2) is 8.42 Å². The molecular formula is C24H25NO8S. The van der Waals surface area contributed by atoms with Crippen LogP contribution in [0.4, 0.5) is 0 Å². The molecule has 1 saturated heterocycles. The van der Waals surface area contributed by atoms with E-state index in [4.69, 9.17) is 18.6 Å². The molecule has 1 aliphatic rings. The van der Waals surface area contributed by atoms with E-state index in [-0.39, 0.29) is 40.6 Å². The van der Waals surface area contributed by atoms with Gasteiger partial charge in [-0.05, 0) is 44.5 Å². The van der Waals surface area contributed by atoms with Crippen LogP contribution < -0.4 is 25.0 Å². The summed E-state index contributed by atoms with van der Waals surface area (Å²) in [4.78, 5) is 25.2. The minimum Gasteiger partial charge on any atom is -0.490 e. The van der Waals surface area contributed by atoms with E-state index in [9.17, 15) is 18.0 Å². The Morgan fingerprint density at radius 3 is 2.62 bits per heavy atom. The first kappa shape index (κ1) is 23.6. The van der Waals surface area contributed by atoms with Crippen molar-refractivity contribution in [3.8, 4) is 23.0 Å². The zero-order chi connectivity index (χ0) is 24.3. The predicted molar refractivity (Wildman–Crippen MR) is 126 cm³/mol. The number of hydrogen-bond donors (Lipinski definition) is 1. The molecule has 0 saturated carbocycles. The minimum absolute atomic E-state index is 0.0548. The first-order chi connectivity index (χ1) is 16.3. The van der Waals surface area contributed by atoms with Crippen molar-refractivity contribution < 1.29 is 31.8 Å². The Hall–Kier alpha value is -3.53. The number of carbonyl (C=O) groups excluding carboxylic acids is 1. The quantitative estimate of drug-likeness (QED) is 0.515. The van der Waals surface area contributed by atoms with Crippen LogP contribution in [-0.2, 0) is 14.6 Å². The highest BCUT2D eigenvalue weighted by Gasteiger charge is 2.29. The van der Waals surface area contributed by atoms with Gasteiger partial charge in [0.2, 0.25) is 11.2 Å². The lowest BCUT2D eigenvalue weighted by atomic mass is 10.2. The van der Waals surface area contributed by atoms with Gasteiger partial charge in [-0.1, -0.05) is 12.1 Å². The number of fused-ring (bicyclic) bond motifs is 1. The molecule has 3 aromatic rings. The third-order valence-electron chi connectivity index (χ3n) is 5.32. The van der Waals surface area contributed by atoms with Crippen LogP contribution >= 0.6 is 0 Å². The average Bonchev–Trinajstić information content (AvgIpc) is 3.14. The molecule has 180 valence electrons. The molecule has 1 fully saturated rings. The number of nitrogens with one attached hydrogen (secondary N) is 1. The van der Waals surface area contributed by atoms with Crippen molar-refractivity contribution in [2.75, 3.05) is 24.7 Å². The highest BCUT2D eigenvalue weighted by atomic mass is 32.2. The Balaban J connectivity index is 1.48. The van der Waals surface area contributed by atoms with Gasteiger partial charge in [0.05, 0.1) is 23.5 Å². The SMILES string of the molecule is CCOc1ccccc1Oc1c(C)oc2cc(OCC(=O)N[C@H]3CCS(=O)(=O)C3)ccc2c1=O. The number of benzene rings is 2. The minimum atomic E-state index is -3.08.